The molecule has 3 aromatic carbocycles. The molecule has 2 saturated heterocycles. The number of aryl methyl sites for hydroxylation is 1. The number of methoxy groups -OCH3 is 1. The van der Waals surface area contributed by atoms with Crippen molar-refractivity contribution in [2.45, 2.75) is 75.6 Å². The number of nitrogens with one attached hydrogen (secondary N) is 3. The molecular weight excluding hydrogens is 1490 g/mol. The number of pyridine rings is 3. The molecule has 0 aliphatic carbocycles. The zero-order chi connectivity index (χ0) is 77.9. The maximum atomic E-state index is 13.4. The number of benzene rings is 3. The fourth-order valence-electron chi connectivity index (χ4n) is 10.6. The normalized spacial score (nSPS) is 16.1. The number of ether oxygens (including phenoxy) is 2. The third-order valence-corrected chi connectivity index (χ3v) is 21.8. The zero-order valence-electron chi connectivity index (χ0n) is 59.0. The molecule has 3 aromatic heterocycles. The van der Waals surface area contributed by atoms with Gasteiger partial charge in [-0.2, -0.15) is 16.8 Å². The largest absolute Gasteiger partial charge is 0.497 e. The molecule has 0 radical (unpaired) electrons. The Labute approximate surface area is 619 Å². The SMILES string of the molecule is COc1ccc(C#Cc2cc(CN3CCN(Cc4cc(C#Cc5ccc(C)cc5)cc(P(C)(=O)O)n4)CCN(Cc4cc(C#Cc5ccc(OCCCNC(=O)C(CNC(=O)C(CNC(=O)CCCC(=O)ON6C(=O)CCC6=O)S(=O)(=O)O)S(=O)(=O)O)cc5)cc(P(C)(=O)O)n4)CC3)nc(P(C)(=O)O)c2)cc1. The maximum Gasteiger partial charge on any atom is 0.333 e. The molecule has 2 aliphatic heterocycles. The minimum atomic E-state index is -5.28. The van der Waals surface area contributed by atoms with Gasteiger partial charge in [-0.15, -0.1) is 5.06 Å². The zero-order valence-corrected chi connectivity index (χ0v) is 63.4. The fraction of sp³-hybridized carbons (Fsp3) is 0.366. The van der Waals surface area contributed by atoms with Crippen LogP contribution in [-0.2, 0) is 87.2 Å². The van der Waals surface area contributed by atoms with Gasteiger partial charge in [0.2, 0.25) is 39.8 Å². The highest BCUT2D eigenvalue weighted by Gasteiger charge is 2.37. The van der Waals surface area contributed by atoms with Gasteiger partial charge in [-0.05, 0) is 117 Å². The van der Waals surface area contributed by atoms with Crippen LogP contribution in [0.5, 0.6) is 11.5 Å². The van der Waals surface area contributed by atoms with E-state index in [0.717, 1.165) is 11.1 Å². The van der Waals surface area contributed by atoms with E-state index in [1.807, 2.05) is 36.5 Å². The minimum absolute atomic E-state index is 0.00241. The lowest BCUT2D eigenvalue weighted by molar-refractivity contribution is -0.197. The number of carbonyl (C=O) groups is 6. The number of hydroxylamine groups is 2. The van der Waals surface area contributed by atoms with Gasteiger partial charge in [0.15, 0.2) is 10.5 Å². The molecule has 0 saturated carbocycles. The molecular formula is C71H81N10O21P3S2. The van der Waals surface area contributed by atoms with E-state index >= 15 is 0 Å². The molecule has 0 bridgehead atoms. The predicted octanol–water partition coefficient (Wildman–Crippen LogP) is 2.19. The number of hydrogen-bond donors (Lipinski definition) is 8. The van der Waals surface area contributed by atoms with Gasteiger partial charge < -0.3 is 44.9 Å². The van der Waals surface area contributed by atoms with Crippen LogP contribution in [0.2, 0.25) is 0 Å². The summed E-state index contributed by atoms with van der Waals surface area (Å²) in [6.45, 7) is 6.52. The number of rotatable bonds is 28. The van der Waals surface area contributed by atoms with Gasteiger partial charge in [0.1, 0.15) is 27.8 Å². The Balaban J connectivity index is 0.911. The molecule has 0 spiro atoms. The first-order valence-electron chi connectivity index (χ1n) is 33.4. The summed E-state index contributed by atoms with van der Waals surface area (Å²) in [5, 5.41) is 1.76. The van der Waals surface area contributed by atoms with E-state index in [4.69, 9.17) is 14.3 Å². The molecule has 8 N–H and O–H groups in total. The molecule has 8 rings (SSSR count). The Kier molecular flexibility index (Phi) is 29.2. The molecule has 5 unspecified atom stereocenters. The second kappa shape index (κ2) is 37.5. The Hall–Kier alpha value is -9.32. The number of amides is 5. The van der Waals surface area contributed by atoms with Crippen LogP contribution in [0.4, 0.5) is 0 Å². The second-order valence-electron chi connectivity index (χ2n) is 25.4. The molecule has 5 atom stereocenters. The molecule has 5 heterocycles. The van der Waals surface area contributed by atoms with E-state index in [2.05, 4.69) is 75.8 Å². The van der Waals surface area contributed by atoms with Crippen molar-refractivity contribution in [3.8, 4) is 47.0 Å². The van der Waals surface area contributed by atoms with Crippen molar-refractivity contribution in [3.05, 3.63) is 165 Å². The van der Waals surface area contributed by atoms with Crippen LogP contribution in [0.3, 0.4) is 0 Å². The number of carbonyl (C=O) groups excluding carboxylic acids is 6. The summed E-state index contributed by atoms with van der Waals surface area (Å²) in [5.41, 5.74) is 5.73. The maximum absolute atomic E-state index is 13.4. The van der Waals surface area contributed by atoms with E-state index in [9.17, 15) is 83.1 Å². The lowest BCUT2D eigenvalue weighted by atomic mass is 10.1. The first kappa shape index (κ1) is 83.3. The van der Waals surface area contributed by atoms with Gasteiger partial charge in [-0.1, -0.05) is 53.2 Å². The van der Waals surface area contributed by atoms with E-state index in [1.54, 1.807) is 73.8 Å². The number of nitrogens with zero attached hydrogens (tertiary/aromatic N) is 7. The molecule has 568 valence electrons. The van der Waals surface area contributed by atoms with Crippen molar-refractivity contribution in [2.24, 2.45) is 0 Å². The molecule has 31 nitrogen and oxygen atoms in total. The first-order valence-corrected chi connectivity index (χ1v) is 42.7. The fourth-order valence-corrected chi connectivity index (χ4v) is 14.0. The van der Waals surface area contributed by atoms with Crippen molar-refractivity contribution >= 4 is 94.2 Å². The number of aromatic nitrogens is 3. The van der Waals surface area contributed by atoms with Crippen molar-refractivity contribution in [2.75, 3.05) is 92.6 Å². The Bertz CT molecular complexity index is 4870. The summed E-state index contributed by atoms with van der Waals surface area (Å²) < 4.78 is 119. The second-order valence-corrected chi connectivity index (χ2v) is 35.2. The third-order valence-electron chi connectivity index (χ3n) is 16.4. The van der Waals surface area contributed by atoms with Crippen molar-refractivity contribution in [1.29, 1.82) is 0 Å². The highest BCUT2D eigenvalue weighted by Crippen LogP contribution is 2.35. The average Bonchev–Trinajstić information content (AvgIpc) is 1.67. The van der Waals surface area contributed by atoms with E-state index < -0.39 is 114 Å². The summed E-state index contributed by atoms with van der Waals surface area (Å²) in [5.74, 6) is 13.5. The number of imide groups is 1. The molecule has 5 amide bonds. The monoisotopic (exact) mass is 1570 g/mol. The van der Waals surface area contributed by atoms with Gasteiger partial charge in [0.25, 0.3) is 32.1 Å². The van der Waals surface area contributed by atoms with Crippen LogP contribution in [0, 0.1) is 42.4 Å². The standard InChI is InChI=1S/C71H81N10O21P3S2/c1-49-10-12-50(13-11-49)14-17-53-38-56(75-64(41-53)103(3,88)89)46-78-31-33-79(47-57-39-54(42-65(76-57)104(4,90)91)18-15-51-20-24-59(100-2)25-21-51)35-36-80(34-32-78)48-58-40-55(43-66(77-58)105(5,92)93)19-16-52-22-26-60(27-23-52)101-37-7-30-72-70(86)62(107(97,98)99)45-74-71(87)61(106(94,95)96)44-73-63(82)8-6-9-69(85)102-81-67(83)28-29-68(81)84/h10-13,20-27,38-43,61-62H,6-9,28-37,44-48H2,1-5H3,(H,72,86)(H,73,82)(H,74,87)(H,88,89)(H,90,91)(H,92,93)(H,94,95,96)(H,97,98,99). The highest BCUT2D eigenvalue weighted by molar-refractivity contribution is 7.87. The van der Waals surface area contributed by atoms with Crippen LogP contribution in [0.1, 0.15) is 94.6 Å². The van der Waals surface area contributed by atoms with Gasteiger partial charge >= 0.3 is 5.97 Å². The highest BCUT2D eigenvalue weighted by atomic mass is 32.2. The first-order chi connectivity index (χ1) is 50.4. The topological polar surface area (TPSA) is 438 Å². The molecule has 2 fully saturated rings. The van der Waals surface area contributed by atoms with Crippen molar-refractivity contribution in [3.63, 3.8) is 0 Å². The van der Waals surface area contributed by atoms with Crippen LogP contribution in [0.25, 0.3) is 0 Å². The quantitative estimate of drug-likeness (QED) is 0.0115. The molecule has 36 heteroatoms. The number of hydrogen-bond acceptors (Lipinski definition) is 22. The van der Waals surface area contributed by atoms with Crippen LogP contribution in [-0.4, -0.2) is 214 Å². The van der Waals surface area contributed by atoms with E-state index in [-0.39, 0.29) is 74.8 Å². The third kappa shape index (κ3) is 26.8. The Morgan fingerprint density at radius 1 is 0.514 bits per heavy atom. The predicted molar refractivity (Wildman–Crippen MR) is 394 cm³/mol. The average molecular weight is 1570 g/mol. The van der Waals surface area contributed by atoms with Crippen LogP contribution < -0.4 is 41.7 Å². The van der Waals surface area contributed by atoms with Crippen molar-refractivity contribution < 1.29 is 97.4 Å². The minimum Gasteiger partial charge on any atom is -0.497 e. The van der Waals surface area contributed by atoms with Crippen molar-refractivity contribution in [1.82, 2.24) is 50.7 Å². The summed E-state index contributed by atoms with van der Waals surface area (Å²) in [6, 6.07) is 31.1. The Morgan fingerprint density at radius 3 is 1.26 bits per heavy atom. The molecule has 107 heavy (non-hydrogen) atoms. The molecule has 2 aliphatic rings. The smallest absolute Gasteiger partial charge is 0.333 e. The summed E-state index contributed by atoms with van der Waals surface area (Å²) in [6.07, 6.45) is -1.31. The lowest BCUT2D eigenvalue weighted by Crippen LogP contribution is -2.52. The van der Waals surface area contributed by atoms with E-state index in [0.29, 0.717) is 101 Å². The van der Waals surface area contributed by atoms with Gasteiger partial charge in [-0.25, -0.2) is 19.7 Å². The van der Waals surface area contributed by atoms with Gasteiger partial charge in [-0.3, -0.25) is 61.5 Å². The summed E-state index contributed by atoms with van der Waals surface area (Å²) in [4.78, 5) is 131. The van der Waals surface area contributed by atoms with Gasteiger partial charge in [0, 0.05) is 158 Å². The molecule has 6 aromatic rings. The van der Waals surface area contributed by atoms with E-state index in [1.165, 1.54) is 38.2 Å². The summed E-state index contributed by atoms with van der Waals surface area (Å²) in [7, 11) is -20.7. The summed E-state index contributed by atoms with van der Waals surface area (Å²) >= 11 is 0. The van der Waals surface area contributed by atoms with Crippen LogP contribution >= 0.6 is 22.1 Å². The Morgan fingerprint density at radius 2 is 0.879 bits per heavy atom. The van der Waals surface area contributed by atoms with Crippen LogP contribution in [0.15, 0.2) is 109 Å². The van der Waals surface area contributed by atoms with Gasteiger partial charge in [0.05, 0.1) is 30.8 Å². The lowest BCUT2D eigenvalue weighted by Gasteiger charge is -2.26.